The zero-order valence-corrected chi connectivity index (χ0v) is 12.7. The van der Waals surface area contributed by atoms with Crippen molar-refractivity contribution in [3.63, 3.8) is 0 Å². The summed E-state index contributed by atoms with van der Waals surface area (Å²) in [6, 6.07) is 0. The van der Waals surface area contributed by atoms with Crippen LogP contribution in [0.5, 0.6) is 0 Å². The Bertz CT molecular complexity index is 345. The minimum Gasteiger partial charge on any atom is -0.444 e. The van der Waals surface area contributed by atoms with Crippen molar-refractivity contribution in [2.24, 2.45) is 5.41 Å². The summed E-state index contributed by atoms with van der Waals surface area (Å²) in [4.78, 5) is 25.3. The largest absolute Gasteiger partial charge is 0.444 e. The zero-order valence-electron chi connectivity index (χ0n) is 12.7. The van der Waals surface area contributed by atoms with Crippen LogP contribution in [0.2, 0.25) is 0 Å². The van der Waals surface area contributed by atoms with Crippen LogP contribution in [0.15, 0.2) is 0 Å². The SMILES string of the molecule is CC1(C)CCCN(C(=O)CNC(=O)OC(C)(C)C)C1. The third-order valence-corrected chi connectivity index (χ3v) is 3.04. The van der Waals surface area contributed by atoms with E-state index in [0.29, 0.717) is 0 Å². The van der Waals surface area contributed by atoms with E-state index in [1.165, 1.54) is 0 Å². The fraction of sp³-hybridized carbons (Fsp3) is 0.857. The Morgan fingerprint density at radius 2 is 1.95 bits per heavy atom. The lowest BCUT2D eigenvalue weighted by Crippen LogP contribution is -2.48. The van der Waals surface area contributed by atoms with Crippen LogP contribution in [0, 0.1) is 5.41 Å². The van der Waals surface area contributed by atoms with Crippen molar-refractivity contribution in [2.45, 2.75) is 53.1 Å². The van der Waals surface area contributed by atoms with Gasteiger partial charge in [0.05, 0.1) is 0 Å². The number of rotatable bonds is 2. The number of hydrogen-bond donors (Lipinski definition) is 1. The first-order valence-corrected chi connectivity index (χ1v) is 6.84. The Balaban J connectivity index is 2.37. The van der Waals surface area contributed by atoms with Crippen molar-refractivity contribution in [2.75, 3.05) is 19.6 Å². The van der Waals surface area contributed by atoms with E-state index in [9.17, 15) is 9.59 Å². The van der Waals surface area contributed by atoms with Gasteiger partial charge >= 0.3 is 6.09 Å². The number of carbonyl (C=O) groups excluding carboxylic acids is 2. The molecular formula is C14H26N2O3. The van der Waals surface area contributed by atoms with Crippen molar-refractivity contribution >= 4 is 12.0 Å². The molecule has 1 aliphatic heterocycles. The van der Waals surface area contributed by atoms with E-state index in [2.05, 4.69) is 19.2 Å². The highest BCUT2D eigenvalue weighted by Gasteiger charge is 2.29. The molecule has 1 aliphatic rings. The quantitative estimate of drug-likeness (QED) is 0.836. The lowest BCUT2D eigenvalue weighted by atomic mass is 9.84. The second-order valence-corrected chi connectivity index (χ2v) is 6.94. The number of piperidine rings is 1. The van der Waals surface area contributed by atoms with Crippen molar-refractivity contribution in [3.8, 4) is 0 Å². The highest BCUT2D eigenvalue weighted by Crippen LogP contribution is 2.28. The van der Waals surface area contributed by atoms with Crippen LogP contribution in [0.1, 0.15) is 47.5 Å². The van der Waals surface area contributed by atoms with Crippen LogP contribution >= 0.6 is 0 Å². The van der Waals surface area contributed by atoms with E-state index in [4.69, 9.17) is 4.74 Å². The van der Waals surface area contributed by atoms with Crippen LogP contribution in [0.25, 0.3) is 0 Å². The molecule has 0 radical (unpaired) electrons. The first kappa shape index (κ1) is 15.8. The van der Waals surface area contributed by atoms with E-state index in [1.807, 2.05) is 4.90 Å². The van der Waals surface area contributed by atoms with Crippen LogP contribution < -0.4 is 5.32 Å². The number of hydrogen-bond acceptors (Lipinski definition) is 3. The average molecular weight is 270 g/mol. The molecule has 0 aliphatic carbocycles. The second-order valence-electron chi connectivity index (χ2n) is 6.94. The number of carbonyl (C=O) groups is 2. The third-order valence-electron chi connectivity index (χ3n) is 3.04. The lowest BCUT2D eigenvalue weighted by molar-refractivity contribution is -0.133. The highest BCUT2D eigenvalue weighted by atomic mass is 16.6. The first-order valence-electron chi connectivity index (χ1n) is 6.84. The number of ether oxygens (including phenoxy) is 1. The van der Waals surface area contributed by atoms with Crippen LogP contribution in [0.4, 0.5) is 4.79 Å². The molecule has 19 heavy (non-hydrogen) atoms. The monoisotopic (exact) mass is 270 g/mol. The summed E-state index contributed by atoms with van der Waals surface area (Å²) < 4.78 is 5.10. The summed E-state index contributed by atoms with van der Waals surface area (Å²) >= 11 is 0. The molecular weight excluding hydrogens is 244 g/mol. The van der Waals surface area contributed by atoms with Gasteiger partial charge in [-0.15, -0.1) is 0 Å². The minimum absolute atomic E-state index is 0.00495. The number of likely N-dealkylation sites (tertiary alicyclic amines) is 1. The fourth-order valence-electron chi connectivity index (χ4n) is 2.21. The average Bonchev–Trinajstić information content (AvgIpc) is 2.22. The van der Waals surface area contributed by atoms with Gasteiger partial charge in [0.1, 0.15) is 12.1 Å². The topological polar surface area (TPSA) is 58.6 Å². The second kappa shape index (κ2) is 5.80. The molecule has 0 saturated carbocycles. The molecule has 1 heterocycles. The van der Waals surface area contributed by atoms with E-state index in [1.54, 1.807) is 20.8 Å². The third kappa shape index (κ3) is 5.94. The number of nitrogens with one attached hydrogen (secondary N) is 1. The molecule has 0 bridgehead atoms. The van der Waals surface area contributed by atoms with Crippen molar-refractivity contribution in [1.29, 1.82) is 0 Å². The van der Waals surface area contributed by atoms with E-state index < -0.39 is 11.7 Å². The summed E-state index contributed by atoms with van der Waals surface area (Å²) in [5.41, 5.74) is -0.375. The summed E-state index contributed by atoms with van der Waals surface area (Å²) in [6.07, 6.45) is 1.61. The van der Waals surface area contributed by atoms with Crippen LogP contribution in [-0.4, -0.2) is 42.1 Å². The molecule has 0 aromatic carbocycles. The standard InChI is InChI=1S/C14H26N2O3/c1-13(2,3)19-12(18)15-9-11(17)16-8-6-7-14(4,5)10-16/h6-10H2,1-5H3,(H,15,18). The highest BCUT2D eigenvalue weighted by molar-refractivity contribution is 5.82. The maximum atomic E-state index is 12.0. The smallest absolute Gasteiger partial charge is 0.408 e. The Labute approximate surface area is 115 Å². The predicted molar refractivity (Wildman–Crippen MR) is 73.8 cm³/mol. The normalized spacial score (nSPS) is 18.9. The Hall–Kier alpha value is -1.26. The Kier molecular flexibility index (Phi) is 4.82. The molecule has 1 rings (SSSR count). The molecule has 0 aromatic rings. The summed E-state index contributed by atoms with van der Waals surface area (Å²) in [5, 5.41) is 2.51. The molecule has 0 spiro atoms. The summed E-state index contributed by atoms with van der Waals surface area (Å²) in [6.45, 7) is 11.2. The fourth-order valence-corrected chi connectivity index (χ4v) is 2.21. The molecule has 5 nitrogen and oxygen atoms in total. The Morgan fingerprint density at radius 3 is 2.47 bits per heavy atom. The van der Waals surface area contributed by atoms with E-state index >= 15 is 0 Å². The molecule has 1 N–H and O–H groups in total. The van der Waals surface area contributed by atoms with E-state index in [-0.39, 0.29) is 17.9 Å². The number of nitrogens with zero attached hydrogens (tertiary/aromatic N) is 1. The summed E-state index contributed by atoms with van der Waals surface area (Å²) in [7, 11) is 0. The van der Waals surface area contributed by atoms with Gasteiger partial charge in [-0.25, -0.2) is 4.79 Å². The van der Waals surface area contributed by atoms with Gasteiger partial charge in [0.25, 0.3) is 0 Å². The van der Waals surface area contributed by atoms with Gasteiger partial charge in [-0.3, -0.25) is 4.79 Å². The summed E-state index contributed by atoms with van der Waals surface area (Å²) in [5.74, 6) is -0.0429. The number of amides is 2. The molecule has 5 heteroatoms. The van der Waals surface area contributed by atoms with Crippen molar-refractivity contribution in [3.05, 3.63) is 0 Å². The van der Waals surface area contributed by atoms with Gasteiger partial charge in [-0.05, 0) is 39.0 Å². The van der Waals surface area contributed by atoms with E-state index in [0.717, 1.165) is 25.9 Å². The van der Waals surface area contributed by atoms with Gasteiger partial charge in [0.15, 0.2) is 0 Å². The molecule has 0 atom stereocenters. The predicted octanol–water partition coefficient (Wildman–Crippen LogP) is 2.16. The van der Waals surface area contributed by atoms with Gasteiger partial charge in [0, 0.05) is 13.1 Å². The van der Waals surface area contributed by atoms with Crippen LogP contribution in [0.3, 0.4) is 0 Å². The number of alkyl carbamates (subject to hydrolysis) is 1. The molecule has 110 valence electrons. The molecule has 2 amide bonds. The van der Waals surface area contributed by atoms with Gasteiger partial charge in [-0.1, -0.05) is 13.8 Å². The van der Waals surface area contributed by atoms with Gasteiger partial charge in [-0.2, -0.15) is 0 Å². The molecule has 0 aromatic heterocycles. The van der Waals surface area contributed by atoms with Gasteiger partial charge < -0.3 is 15.0 Å². The first-order chi connectivity index (χ1) is 8.59. The van der Waals surface area contributed by atoms with Crippen LogP contribution in [-0.2, 0) is 9.53 Å². The molecule has 1 fully saturated rings. The minimum atomic E-state index is -0.544. The maximum Gasteiger partial charge on any atom is 0.408 e. The van der Waals surface area contributed by atoms with Crippen molar-refractivity contribution in [1.82, 2.24) is 10.2 Å². The maximum absolute atomic E-state index is 12.0. The lowest BCUT2D eigenvalue weighted by Gasteiger charge is -2.38. The van der Waals surface area contributed by atoms with Crippen molar-refractivity contribution < 1.29 is 14.3 Å². The zero-order chi connectivity index (χ0) is 14.7. The Morgan fingerprint density at radius 1 is 1.32 bits per heavy atom. The molecule has 0 unspecified atom stereocenters. The molecule has 1 saturated heterocycles. The van der Waals surface area contributed by atoms with Gasteiger partial charge in [0.2, 0.25) is 5.91 Å².